The number of benzene rings is 1. The Morgan fingerprint density at radius 2 is 2.00 bits per heavy atom. The molecule has 5 heteroatoms. The molecule has 1 amide bonds. The SMILES string of the molecule is N#CC(=C1CCCCC1)c1nc(-c2cccc(N3CCCC3=O)c2)cs1. The number of allylic oxidation sites excluding steroid dienone is 2. The van der Waals surface area contributed by atoms with E-state index in [1.807, 2.05) is 34.5 Å². The monoisotopic (exact) mass is 363 g/mol. The number of nitrogens with zero attached hydrogens (tertiary/aromatic N) is 3. The van der Waals surface area contributed by atoms with E-state index >= 15 is 0 Å². The zero-order chi connectivity index (χ0) is 17.9. The molecule has 1 aliphatic carbocycles. The lowest BCUT2D eigenvalue weighted by molar-refractivity contribution is -0.117. The van der Waals surface area contributed by atoms with Crippen molar-refractivity contribution in [1.82, 2.24) is 4.98 Å². The molecule has 2 aromatic rings. The largest absolute Gasteiger partial charge is 0.312 e. The van der Waals surface area contributed by atoms with Gasteiger partial charge in [-0.25, -0.2) is 4.98 Å². The normalized spacial score (nSPS) is 17.4. The lowest BCUT2D eigenvalue weighted by Crippen LogP contribution is -2.23. The lowest BCUT2D eigenvalue weighted by Gasteiger charge is -2.16. The van der Waals surface area contributed by atoms with Gasteiger partial charge in [0.1, 0.15) is 11.1 Å². The molecule has 1 aromatic carbocycles. The van der Waals surface area contributed by atoms with Crippen molar-refractivity contribution in [2.24, 2.45) is 0 Å². The van der Waals surface area contributed by atoms with Crippen molar-refractivity contribution in [1.29, 1.82) is 5.26 Å². The maximum Gasteiger partial charge on any atom is 0.227 e. The molecule has 4 rings (SSSR count). The minimum atomic E-state index is 0.190. The molecule has 0 unspecified atom stereocenters. The van der Waals surface area contributed by atoms with Gasteiger partial charge in [0.15, 0.2) is 0 Å². The van der Waals surface area contributed by atoms with Gasteiger partial charge in [-0.2, -0.15) is 5.26 Å². The van der Waals surface area contributed by atoms with Crippen molar-refractivity contribution in [3.63, 3.8) is 0 Å². The molecule has 2 aliphatic rings. The van der Waals surface area contributed by atoms with Gasteiger partial charge in [0.25, 0.3) is 0 Å². The number of amides is 1. The first kappa shape index (κ1) is 17.0. The molecule has 0 N–H and O–H groups in total. The highest BCUT2D eigenvalue weighted by molar-refractivity contribution is 7.11. The Morgan fingerprint density at radius 3 is 2.73 bits per heavy atom. The van der Waals surface area contributed by atoms with Crippen LogP contribution in [-0.4, -0.2) is 17.4 Å². The van der Waals surface area contributed by atoms with E-state index in [-0.39, 0.29) is 5.91 Å². The molecule has 1 aliphatic heterocycles. The molecule has 0 spiro atoms. The number of nitriles is 1. The average Bonchev–Trinajstić information content (AvgIpc) is 3.33. The summed E-state index contributed by atoms with van der Waals surface area (Å²) in [6.45, 7) is 0.787. The number of rotatable bonds is 3. The molecule has 1 saturated carbocycles. The lowest BCUT2D eigenvalue weighted by atomic mass is 9.91. The van der Waals surface area contributed by atoms with E-state index in [2.05, 4.69) is 6.07 Å². The Labute approximate surface area is 157 Å². The maximum atomic E-state index is 12.0. The fourth-order valence-electron chi connectivity index (χ4n) is 3.78. The Hall–Kier alpha value is -2.45. The van der Waals surface area contributed by atoms with Crippen LogP contribution in [0.1, 0.15) is 50.0 Å². The first-order valence-electron chi connectivity index (χ1n) is 9.25. The van der Waals surface area contributed by atoms with E-state index in [1.165, 1.54) is 36.2 Å². The molecule has 1 saturated heterocycles. The number of thiazole rings is 1. The topological polar surface area (TPSA) is 57.0 Å². The standard InChI is InChI=1S/C21H21N3OS/c22-13-18(15-6-2-1-3-7-15)21-23-19(14-26-21)16-8-4-9-17(12-16)24-11-5-10-20(24)25/h4,8-9,12,14H,1-3,5-7,10-11H2. The Bertz CT molecular complexity index is 898. The molecule has 26 heavy (non-hydrogen) atoms. The number of carbonyl (C=O) groups is 1. The van der Waals surface area contributed by atoms with Gasteiger partial charge in [0.05, 0.1) is 11.3 Å². The molecular weight excluding hydrogens is 342 g/mol. The van der Waals surface area contributed by atoms with Crippen molar-refractivity contribution in [3.8, 4) is 17.3 Å². The van der Waals surface area contributed by atoms with Crippen molar-refractivity contribution in [2.75, 3.05) is 11.4 Å². The van der Waals surface area contributed by atoms with E-state index in [1.54, 1.807) is 0 Å². The molecule has 2 fully saturated rings. The van der Waals surface area contributed by atoms with Crippen molar-refractivity contribution < 1.29 is 4.79 Å². The predicted molar refractivity (Wildman–Crippen MR) is 105 cm³/mol. The smallest absolute Gasteiger partial charge is 0.227 e. The number of hydrogen-bond acceptors (Lipinski definition) is 4. The fourth-order valence-corrected chi connectivity index (χ4v) is 4.65. The molecule has 4 nitrogen and oxygen atoms in total. The summed E-state index contributed by atoms with van der Waals surface area (Å²) in [5.74, 6) is 0.190. The Balaban J connectivity index is 1.64. The molecule has 2 heterocycles. The second-order valence-electron chi connectivity index (χ2n) is 6.89. The number of carbonyl (C=O) groups excluding carboxylic acids is 1. The maximum absolute atomic E-state index is 12.0. The van der Waals surface area contributed by atoms with Gasteiger partial charge in [-0.1, -0.05) is 18.6 Å². The van der Waals surface area contributed by atoms with E-state index < -0.39 is 0 Å². The van der Waals surface area contributed by atoms with E-state index in [0.717, 1.165) is 53.3 Å². The van der Waals surface area contributed by atoms with Crippen LogP contribution >= 0.6 is 11.3 Å². The minimum Gasteiger partial charge on any atom is -0.312 e. The zero-order valence-electron chi connectivity index (χ0n) is 14.7. The Morgan fingerprint density at radius 1 is 1.15 bits per heavy atom. The first-order chi connectivity index (χ1) is 12.8. The molecular formula is C21H21N3OS. The van der Waals surface area contributed by atoms with Crippen molar-refractivity contribution >= 4 is 28.5 Å². The van der Waals surface area contributed by atoms with Gasteiger partial charge >= 0.3 is 0 Å². The number of aromatic nitrogens is 1. The van der Waals surface area contributed by atoms with Gasteiger partial charge in [-0.15, -0.1) is 11.3 Å². The summed E-state index contributed by atoms with van der Waals surface area (Å²) < 4.78 is 0. The average molecular weight is 363 g/mol. The summed E-state index contributed by atoms with van der Waals surface area (Å²) >= 11 is 1.54. The third-order valence-corrected chi connectivity index (χ3v) is 6.03. The van der Waals surface area contributed by atoms with Crippen LogP contribution in [0, 0.1) is 11.3 Å². The van der Waals surface area contributed by atoms with Gasteiger partial charge in [0, 0.05) is 29.6 Å². The minimum absolute atomic E-state index is 0.190. The Kier molecular flexibility index (Phi) is 4.85. The second kappa shape index (κ2) is 7.43. The summed E-state index contributed by atoms with van der Waals surface area (Å²) in [5.41, 5.74) is 4.84. The molecule has 0 bridgehead atoms. The van der Waals surface area contributed by atoms with E-state index in [0.29, 0.717) is 6.42 Å². The van der Waals surface area contributed by atoms with Gasteiger partial charge in [-0.05, 0) is 49.8 Å². The summed E-state index contributed by atoms with van der Waals surface area (Å²) in [5, 5.41) is 12.5. The van der Waals surface area contributed by atoms with E-state index in [9.17, 15) is 10.1 Å². The number of hydrogen-bond donors (Lipinski definition) is 0. The third-order valence-electron chi connectivity index (χ3n) is 5.17. The van der Waals surface area contributed by atoms with Crippen LogP contribution in [0.3, 0.4) is 0 Å². The van der Waals surface area contributed by atoms with Gasteiger partial charge in [-0.3, -0.25) is 4.79 Å². The van der Waals surface area contributed by atoms with Crippen LogP contribution in [0.2, 0.25) is 0 Å². The van der Waals surface area contributed by atoms with Crippen molar-refractivity contribution in [2.45, 2.75) is 44.9 Å². The van der Waals surface area contributed by atoms with Crippen LogP contribution in [-0.2, 0) is 4.79 Å². The van der Waals surface area contributed by atoms with Crippen LogP contribution in [0.5, 0.6) is 0 Å². The van der Waals surface area contributed by atoms with Crippen LogP contribution in [0.25, 0.3) is 16.8 Å². The van der Waals surface area contributed by atoms with Crippen molar-refractivity contribution in [3.05, 3.63) is 40.2 Å². The number of anilines is 1. The quantitative estimate of drug-likeness (QED) is 0.706. The summed E-state index contributed by atoms with van der Waals surface area (Å²) in [4.78, 5) is 18.6. The summed E-state index contributed by atoms with van der Waals surface area (Å²) in [7, 11) is 0. The first-order valence-corrected chi connectivity index (χ1v) is 10.1. The summed E-state index contributed by atoms with van der Waals surface area (Å²) in [6.07, 6.45) is 7.19. The summed E-state index contributed by atoms with van der Waals surface area (Å²) in [6, 6.07) is 10.4. The van der Waals surface area contributed by atoms with Crippen LogP contribution in [0.15, 0.2) is 35.2 Å². The molecule has 132 valence electrons. The highest BCUT2D eigenvalue weighted by Gasteiger charge is 2.22. The predicted octanol–water partition coefficient (Wildman–Crippen LogP) is 5.18. The molecule has 0 atom stereocenters. The molecule has 1 aromatic heterocycles. The van der Waals surface area contributed by atoms with E-state index in [4.69, 9.17) is 4.98 Å². The highest BCUT2D eigenvalue weighted by atomic mass is 32.1. The van der Waals surface area contributed by atoms with Gasteiger partial charge < -0.3 is 4.90 Å². The van der Waals surface area contributed by atoms with Crippen LogP contribution in [0.4, 0.5) is 5.69 Å². The van der Waals surface area contributed by atoms with Gasteiger partial charge in [0.2, 0.25) is 5.91 Å². The van der Waals surface area contributed by atoms with Crippen LogP contribution < -0.4 is 4.90 Å². The fraction of sp³-hybridized carbons (Fsp3) is 0.381. The zero-order valence-corrected chi connectivity index (χ0v) is 15.5. The second-order valence-corrected chi connectivity index (χ2v) is 7.75. The highest BCUT2D eigenvalue weighted by Crippen LogP contribution is 2.34. The molecule has 0 radical (unpaired) electrons. The third kappa shape index (κ3) is 3.30.